The molecule has 3 amide bonds. The second-order valence-electron chi connectivity index (χ2n) is 7.51. The second-order valence-corrected chi connectivity index (χ2v) is 7.51. The first kappa shape index (κ1) is 19.7. The lowest BCUT2D eigenvalue weighted by Gasteiger charge is -2.32. The zero-order chi connectivity index (χ0) is 20.8. The van der Waals surface area contributed by atoms with E-state index >= 15 is 0 Å². The van der Waals surface area contributed by atoms with Gasteiger partial charge in [-0.1, -0.05) is 60.7 Å². The fourth-order valence-corrected chi connectivity index (χ4v) is 3.72. The number of piperidine rings is 1. The summed E-state index contributed by atoms with van der Waals surface area (Å²) in [5.74, 6) is -0.256. The zero-order valence-electron chi connectivity index (χ0n) is 16.8. The molecule has 0 spiro atoms. The number of likely N-dealkylation sites (tertiary alicyclic amines) is 1. The van der Waals surface area contributed by atoms with E-state index in [0.29, 0.717) is 13.1 Å². The lowest BCUT2D eigenvalue weighted by atomic mass is 9.97. The predicted octanol–water partition coefficient (Wildman–Crippen LogP) is 5.24. The van der Waals surface area contributed by atoms with Crippen LogP contribution in [0.2, 0.25) is 0 Å². The standard InChI is InChI=1S/C25H25N3O2/c29-24(26-23-15-13-20(14-16-23)19-8-3-1-4-9-19)21-10-7-17-28(18-21)25(30)27-22-11-5-2-6-12-22/h1-6,8-9,11-16,21H,7,10,17-18H2,(H,26,29)(H,27,30). The molecule has 1 aliphatic heterocycles. The number of nitrogens with zero attached hydrogens (tertiary/aromatic N) is 1. The highest BCUT2D eigenvalue weighted by atomic mass is 16.2. The Kier molecular flexibility index (Phi) is 6.09. The monoisotopic (exact) mass is 399 g/mol. The van der Waals surface area contributed by atoms with Crippen molar-refractivity contribution in [3.8, 4) is 11.1 Å². The van der Waals surface area contributed by atoms with Crippen molar-refractivity contribution < 1.29 is 9.59 Å². The smallest absolute Gasteiger partial charge is 0.321 e. The van der Waals surface area contributed by atoms with E-state index in [1.165, 1.54) is 0 Å². The Balaban J connectivity index is 1.34. The topological polar surface area (TPSA) is 61.4 Å². The van der Waals surface area contributed by atoms with Crippen molar-refractivity contribution in [1.29, 1.82) is 0 Å². The average molecular weight is 399 g/mol. The average Bonchev–Trinajstić information content (AvgIpc) is 2.81. The van der Waals surface area contributed by atoms with Gasteiger partial charge in [0.2, 0.25) is 5.91 Å². The molecule has 1 unspecified atom stereocenters. The summed E-state index contributed by atoms with van der Waals surface area (Å²) in [6.45, 7) is 1.08. The molecule has 152 valence electrons. The Bertz CT molecular complexity index is 988. The summed E-state index contributed by atoms with van der Waals surface area (Å²) in [7, 11) is 0. The first-order chi connectivity index (χ1) is 14.7. The van der Waals surface area contributed by atoms with Gasteiger partial charge in [0.05, 0.1) is 5.92 Å². The molecular weight excluding hydrogens is 374 g/mol. The highest BCUT2D eigenvalue weighted by Crippen LogP contribution is 2.23. The molecule has 0 radical (unpaired) electrons. The van der Waals surface area contributed by atoms with Gasteiger partial charge in [0.1, 0.15) is 0 Å². The van der Waals surface area contributed by atoms with Gasteiger partial charge >= 0.3 is 6.03 Å². The molecule has 1 aliphatic rings. The van der Waals surface area contributed by atoms with Crippen LogP contribution in [0, 0.1) is 5.92 Å². The fourth-order valence-electron chi connectivity index (χ4n) is 3.72. The van der Waals surface area contributed by atoms with Crippen LogP contribution in [0.15, 0.2) is 84.9 Å². The molecule has 3 aromatic carbocycles. The maximum atomic E-state index is 12.8. The number of hydrogen-bond donors (Lipinski definition) is 2. The minimum atomic E-state index is -0.214. The van der Waals surface area contributed by atoms with Gasteiger partial charge in [0, 0.05) is 24.5 Å². The molecule has 3 aromatic rings. The van der Waals surface area contributed by atoms with Gasteiger partial charge < -0.3 is 15.5 Å². The molecule has 5 nitrogen and oxygen atoms in total. The number of benzene rings is 3. The number of anilines is 2. The van der Waals surface area contributed by atoms with E-state index in [9.17, 15) is 9.59 Å². The van der Waals surface area contributed by atoms with E-state index < -0.39 is 0 Å². The van der Waals surface area contributed by atoms with Gasteiger partial charge in [-0.2, -0.15) is 0 Å². The molecule has 4 rings (SSSR count). The molecule has 2 N–H and O–H groups in total. The van der Waals surface area contributed by atoms with E-state index in [0.717, 1.165) is 35.3 Å². The minimum absolute atomic E-state index is 0.0420. The van der Waals surface area contributed by atoms with E-state index in [-0.39, 0.29) is 17.9 Å². The molecule has 1 atom stereocenters. The van der Waals surface area contributed by atoms with Crippen molar-refractivity contribution in [2.24, 2.45) is 5.92 Å². The molecule has 1 heterocycles. The number of para-hydroxylation sites is 1. The van der Waals surface area contributed by atoms with Crippen LogP contribution < -0.4 is 10.6 Å². The van der Waals surface area contributed by atoms with Crippen LogP contribution in [0.3, 0.4) is 0 Å². The number of nitrogens with one attached hydrogen (secondary N) is 2. The molecular formula is C25H25N3O2. The van der Waals surface area contributed by atoms with Gasteiger partial charge in [0.25, 0.3) is 0 Å². The maximum Gasteiger partial charge on any atom is 0.321 e. The van der Waals surface area contributed by atoms with E-state index in [1.807, 2.05) is 72.8 Å². The summed E-state index contributed by atoms with van der Waals surface area (Å²) in [5.41, 5.74) is 3.77. The number of carbonyl (C=O) groups is 2. The van der Waals surface area contributed by atoms with Crippen molar-refractivity contribution >= 4 is 23.3 Å². The van der Waals surface area contributed by atoms with Crippen LogP contribution in [-0.4, -0.2) is 29.9 Å². The normalized spacial score (nSPS) is 16.0. The van der Waals surface area contributed by atoms with Crippen LogP contribution in [0.25, 0.3) is 11.1 Å². The van der Waals surface area contributed by atoms with Crippen molar-refractivity contribution in [2.75, 3.05) is 23.7 Å². The molecule has 0 aromatic heterocycles. The van der Waals surface area contributed by atoms with Crippen molar-refractivity contribution in [3.05, 3.63) is 84.9 Å². The van der Waals surface area contributed by atoms with Gasteiger partial charge in [-0.25, -0.2) is 4.79 Å². The number of urea groups is 1. The van der Waals surface area contributed by atoms with Crippen molar-refractivity contribution in [1.82, 2.24) is 4.90 Å². The quantitative estimate of drug-likeness (QED) is 0.630. The molecule has 5 heteroatoms. The molecule has 0 aliphatic carbocycles. The van der Waals surface area contributed by atoms with E-state index in [2.05, 4.69) is 22.8 Å². The number of amides is 3. The summed E-state index contributed by atoms with van der Waals surface area (Å²) >= 11 is 0. The van der Waals surface area contributed by atoms with Crippen molar-refractivity contribution in [2.45, 2.75) is 12.8 Å². The summed E-state index contributed by atoms with van der Waals surface area (Å²) in [4.78, 5) is 27.1. The zero-order valence-corrected chi connectivity index (χ0v) is 16.8. The molecule has 0 bridgehead atoms. The Hall–Kier alpha value is -3.60. The van der Waals surface area contributed by atoms with Gasteiger partial charge in [0.15, 0.2) is 0 Å². The number of carbonyl (C=O) groups excluding carboxylic acids is 2. The first-order valence-electron chi connectivity index (χ1n) is 10.3. The minimum Gasteiger partial charge on any atom is -0.326 e. The third-order valence-corrected chi connectivity index (χ3v) is 5.36. The van der Waals surface area contributed by atoms with Crippen LogP contribution in [0.4, 0.5) is 16.2 Å². The maximum absolute atomic E-state index is 12.8. The highest BCUT2D eigenvalue weighted by Gasteiger charge is 2.28. The summed E-state index contributed by atoms with van der Waals surface area (Å²) in [5, 5.41) is 5.90. The van der Waals surface area contributed by atoms with Gasteiger partial charge in [-0.3, -0.25) is 4.79 Å². The highest BCUT2D eigenvalue weighted by molar-refractivity contribution is 5.94. The summed E-state index contributed by atoms with van der Waals surface area (Å²) in [6.07, 6.45) is 1.59. The van der Waals surface area contributed by atoms with Gasteiger partial charge in [-0.05, 0) is 48.2 Å². The molecule has 30 heavy (non-hydrogen) atoms. The third kappa shape index (κ3) is 4.87. The lowest BCUT2D eigenvalue weighted by Crippen LogP contribution is -2.45. The molecule has 1 fully saturated rings. The molecule has 0 saturated carbocycles. The van der Waals surface area contributed by atoms with Crippen LogP contribution >= 0.6 is 0 Å². The second kappa shape index (κ2) is 9.27. The first-order valence-corrected chi connectivity index (χ1v) is 10.3. The number of rotatable bonds is 4. The lowest BCUT2D eigenvalue weighted by molar-refractivity contribution is -0.121. The Morgan fingerprint density at radius 1 is 0.733 bits per heavy atom. The molecule has 1 saturated heterocycles. The van der Waals surface area contributed by atoms with E-state index in [1.54, 1.807) is 4.90 Å². The summed E-state index contributed by atoms with van der Waals surface area (Å²) in [6, 6.07) is 27.2. The van der Waals surface area contributed by atoms with Gasteiger partial charge in [-0.15, -0.1) is 0 Å². The SMILES string of the molecule is O=C(Nc1ccc(-c2ccccc2)cc1)C1CCCN(C(=O)Nc2ccccc2)C1. The predicted molar refractivity (Wildman–Crippen MR) is 120 cm³/mol. The van der Waals surface area contributed by atoms with Crippen molar-refractivity contribution in [3.63, 3.8) is 0 Å². The van der Waals surface area contributed by atoms with Crippen LogP contribution in [0.5, 0.6) is 0 Å². The Morgan fingerprint density at radius 3 is 2.03 bits per heavy atom. The Morgan fingerprint density at radius 2 is 1.33 bits per heavy atom. The van der Waals surface area contributed by atoms with E-state index in [4.69, 9.17) is 0 Å². The fraction of sp³-hybridized carbons (Fsp3) is 0.200. The summed E-state index contributed by atoms with van der Waals surface area (Å²) < 4.78 is 0. The number of hydrogen-bond acceptors (Lipinski definition) is 2. The largest absolute Gasteiger partial charge is 0.326 e. The van der Waals surface area contributed by atoms with Crippen LogP contribution in [-0.2, 0) is 4.79 Å². The van der Waals surface area contributed by atoms with Crippen LogP contribution in [0.1, 0.15) is 12.8 Å². The third-order valence-electron chi connectivity index (χ3n) is 5.36. The Labute approximate surface area is 176 Å².